The normalized spacial score (nSPS) is 18.8. The van der Waals surface area contributed by atoms with Crippen molar-refractivity contribution < 1.29 is 19.4 Å². The lowest BCUT2D eigenvalue weighted by molar-refractivity contribution is -0.137. The summed E-state index contributed by atoms with van der Waals surface area (Å²) in [6.45, 7) is 2.16. The van der Waals surface area contributed by atoms with Crippen molar-refractivity contribution in [2.75, 3.05) is 11.5 Å². The van der Waals surface area contributed by atoms with E-state index in [1.54, 1.807) is 4.90 Å². The summed E-state index contributed by atoms with van der Waals surface area (Å²) < 4.78 is 5.01. The molecule has 0 bridgehead atoms. The van der Waals surface area contributed by atoms with Crippen LogP contribution in [0.15, 0.2) is 24.3 Å². The number of carbonyl (C=O) groups excluding carboxylic acids is 1. The first-order valence-corrected chi connectivity index (χ1v) is 5.83. The molecule has 1 aliphatic rings. The third kappa shape index (κ3) is 2.45. The summed E-state index contributed by atoms with van der Waals surface area (Å²) in [5, 5.41) is 8.71. The zero-order chi connectivity index (χ0) is 13.1. The van der Waals surface area contributed by atoms with Crippen molar-refractivity contribution in [2.24, 2.45) is 0 Å². The highest BCUT2D eigenvalue weighted by molar-refractivity contribution is 5.91. The van der Waals surface area contributed by atoms with Crippen LogP contribution in [-0.2, 0) is 9.53 Å². The quantitative estimate of drug-likeness (QED) is 0.888. The van der Waals surface area contributed by atoms with E-state index in [1.807, 2.05) is 31.2 Å². The summed E-state index contributed by atoms with van der Waals surface area (Å²) in [4.78, 5) is 23.9. The first-order valence-electron chi connectivity index (χ1n) is 5.83. The zero-order valence-electron chi connectivity index (χ0n) is 10.1. The fraction of sp³-hybridized carbons (Fsp3) is 0.385. The van der Waals surface area contributed by atoms with Crippen LogP contribution in [0.4, 0.5) is 10.5 Å². The van der Waals surface area contributed by atoms with E-state index in [9.17, 15) is 9.59 Å². The van der Waals surface area contributed by atoms with Gasteiger partial charge in [0.2, 0.25) is 0 Å². The number of nitrogens with zero attached hydrogens (tertiary/aromatic N) is 1. The van der Waals surface area contributed by atoms with Crippen LogP contribution in [0.2, 0.25) is 0 Å². The maximum absolute atomic E-state index is 11.7. The number of cyclic esters (lactones) is 1. The van der Waals surface area contributed by atoms with Gasteiger partial charge in [-0.1, -0.05) is 18.2 Å². The Labute approximate surface area is 105 Å². The Kier molecular flexibility index (Phi) is 3.50. The van der Waals surface area contributed by atoms with E-state index in [4.69, 9.17) is 9.84 Å². The van der Waals surface area contributed by atoms with Crippen LogP contribution in [-0.4, -0.2) is 29.8 Å². The van der Waals surface area contributed by atoms with Crippen molar-refractivity contribution in [2.45, 2.75) is 25.8 Å². The number of carboxylic acids is 1. The number of para-hydroxylation sites is 1. The van der Waals surface area contributed by atoms with E-state index < -0.39 is 12.1 Å². The molecule has 18 heavy (non-hydrogen) atoms. The van der Waals surface area contributed by atoms with Gasteiger partial charge < -0.3 is 9.84 Å². The van der Waals surface area contributed by atoms with Gasteiger partial charge in [0.05, 0.1) is 11.7 Å². The highest BCUT2D eigenvalue weighted by atomic mass is 16.6. The highest BCUT2D eigenvalue weighted by Crippen LogP contribution is 2.28. The summed E-state index contributed by atoms with van der Waals surface area (Å²) in [7, 11) is 0. The molecular formula is C13H15NO4. The molecule has 1 fully saturated rings. The number of ether oxygens (including phenoxy) is 1. The molecule has 0 aromatic heterocycles. The van der Waals surface area contributed by atoms with Crippen molar-refractivity contribution in [3.05, 3.63) is 29.8 Å². The number of amides is 1. The van der Waals surface area contributed by atoms with Crippen molar-refractivity contribution in [1.29, 1.82) is 0 Å². The number of hydrogen-bond acceptors (Lipinski definition) is 3. The summed E-state index contributed by atoms with van der Waals surface area (Å²) in [5.74, 6) is -0.862. The van der Waals surface area contributed by atoms with Crippen LogP contribution in [0.25, 0.3) is 0 Å². The van der Waals surface area contributed by atoms with Gasteiger partial charge in [0.1, 0.15) is 6.61 Å². The summed E-state index contributed by atoms with van der Waals surface area (Å²) >= 11 is 0. The minimum absolute atomic E-state index is 0.0314. The van der Waals surface area contributed by atoms with Gasteiger partial charge in [0, 0.05) is 6.42 Å². The monoisotopic (exact) mass is 249 g/mol. The lowest BCUT2D eigenvalue weighted by atomic mass is 10.1. The maximum Gasteiger partial charge on any atom is 0.414 e. The average molecular weight is 249 g/mol. The Balaban J connectivity index is 2.20. The Bertz CT molecular complexity index is 472. The standard InChI is InChI=1S/C13H15NO4/c1-9-4-2-3-5-11(9)14-10(6-7-12(15)16)8-18-13(14)17/h2-5,10H,6-8H2,1H3,(H,15,16). The fourth-order valence-corrected chi connectivity index (χ4v) is 2.09. The lowest BCUT2D eigenvalue weighted by Gasteiger charge is -2.22. The van der Waals surface area contributed by atoms with Crippen LogP contribution in [0.1, 0.15) is 18.4 Å². The summed E-state index contributed by atoms with van der Waals surface area (Å²) in [6, 6.07) is 7.30. The maximum atomic E-state index is 11.7. The largest absolute Gasteiger partial charge is 0.481 e. The van der Waals surface area contributed by atoms with Crippen LogP contribution >= 0.6 is 0 Å². The zero-order valence-corrected chi connectivity index (χ0v) is 10.1. The molecule has 1 atom stereocenters. The van der Waals surface area contributed by atoms with Gasteiger partial charge in [-0.05, 0) is 25.0 Å². The molecule has 1 amide bonds. The fourth-order valence-electron chi connectivity index (χ4n) is 2.09. The number of benzene rings is 1. The van der Waals surface area contributed by atoms with Crippen molar-refractivity contribution >= 4 is 17.7 Å². The molecule has 1 aromatic carbocycles. The molecule has 1 heterocycles. The Morgan fingerprint density at radius 2 is 2.22 bits per heavy atom. The van der Waals surface area contributed by atoms with E-state index in [2.05, 4.69) is 0 Å². The number of anilines is 1. The average Bonchev–Trinajstić information content (AvgIpc) is 2.69. The Morgan fingerprint density at radius 1 is 1.50 bits per heavy atom. The number of hydrogen-bond donors (Lipinski definition) is 1. The van der Waals surface area contributed by atoms with Gasteiger partial charge in [0.25, 0.3) is 0 Å². The Morgan fingerprint density at radius 3 is 2.89 bits per heavy atom. The van der Waals surface area contributed by atoms with E-state index >= 15 is 0 Å². The van der Waals surface area contributed by atoms with Crippen molar-refractivity contribution in [1.82, 2.24) is 0 Å². The predicted molar refractivity (Wildman–Crippen MR) is 65.7 cm³/mol. The van der Waals surface area contributed by atoms with E-state index in [0.717, 1.165) is 11.3 Å². The Hall–Kier alpha value is -2.04. The summed E-state index contributed by atoms with van der Waals surface area (Å²) in [6.07, 6.45) is 0.0266. The van der Waals surface area contributed by atoms with E-state index in [0.29, 0.717) is 6.42 Å². The van der Waals surface area contributed by atoms with Crippen LogP contribution in [0.3, 0.4) is 0 Å². The topological polar surface area (TPSA) is 66.8 Å². The van der Waals surface area contributed by atoms with Crippen molar-refractivity contribution in [3.8, 4) is 0 Å². The number of carbonyl (C=O) groups is 2. The van der Waals surface area contributed by atoms with Crippen LogP contribution in [0.5, 0.6) is 0 Å². The smallest absolute Gasteiger partial charge is 0.414 e. The second kappa shape index (κ2) is 5.08. The number of carboxylic acid groups (broad SMARTS) is 1. The van der Waals surface area contributed by atoms with Crippen LogP contribution in [0, 0.1) is 6.92 Å². The second-order valence-electron chi connectivity index (χ2n) is 4.32. The van der Waals surface area contributed by atoms with Gasteiger partial charge >= 0.3 is 12.1 Å². The van der Waals surface area contributed by atoms with Gasteiger partial charge in [-0.15, -0.1) is 0 Å². The first-order chi connectivity index (χ1) is 8.59. The molecule has 2 rings (SSSR count). The lowest BCUT2D eigenvalue weighted by Crippen LogP contribution is -2.34. The number of aliphatic carboxylic acids is 1. The van der Waals surface area contributed by atoms with Gasteiger partial charge in [-0.2, -0.15) is 0 Å². The molecule has 5 nitrogen and oxygen atoms in total. The molecule has 5 heteroatoms. The van der Waals surface area contributed by atoms with Crippen molar-refractivity contribution in [3.63, 3.8) is 0 Å². The second-order valence-corrected chi connectivity index (χ2v) is 4.32. The first kappa shape index (κ1) is 12.4. The molecule has 1 aromatic rings. The van der Waals surface area contributed by atoms with Gasteiger partial charge in [-0.3, -0.25) is 9.69 Å². The highest BCUT2D eigenvalue weighted by Gasteiger charge is 2.34. The molecule has 1 saturated heterocycles. The third-order valence-corrected chi connectivity index (χ3v) is 3.03. The third-order valence-electron chi connectivity index (χ3n) is 3.03. The minimum atomic E-state index is -0.862. The SMILES string of the molecule is Cc1ccccc1N1C(=O)OCC1CCC(=O)O. The number of rotatable bonds is 4. The summed E-state index contributed by atoms with van der Waals surface area (Å²) in [5.41, 5.74) is 1.76. The predicted octanol–water partition coefficient (Wildman–Crippen LogP) is 2.19. The molecule has 1 aliphatic heterocycles. The van der Waals surface area contributed by atoms with Gasteiger partial charge in [0.15, 0.2) is 0 Å². The molecule has 0 radical (unpaired) electrons. The molecule has 0 aliphatic carbocycles. The molecule has 1 N–H and O–H groups in total. The van der Waals surface area contributed by atoms with E-state index in [-0.39, 0.29) is 19.1 Å². The molecule has 0 spiro atoms. The molecule has 0 saturated carbocycles. The molecule has 96 valence electrons. The van der Waals surface area contributed by atoms with E-state index in [1.165, 1.54) is 0 Å². The minimum Gasteiger partial charge on any atom is -0.481 e. The van der Waals surface area contributed by atoms with Crippen LogP contribution < -0.4 is 4.90 Å². The molecule has 1 unspecified atom stereocenters. The van der Waals surface area contributed by atoms with Gasteiger partial charge in [-0.25, -0.2) is 4.79 Å². The number of aryl methyl sites for hydroxylation is 1. The molecular weight excluding hydrogens is 234 g/mol.